The lowest BCUT2D eigenvalue weighted by Crippen LogP contribution is -2.39. The number of fused-ring (bicyclic) bond motifs is 1. The van der Waals surface area contributed by atoms with E-state index in [2.05, 4.69) is 37.1 Å². The van der Waals surface area contributed by atoms with Crippen molar-refractivity contribution in [3.63, 3.8) is 0 Å². The Bertz CT molecular complexity index is 484. The first kappa shape index (κ1) is 15.9. The molecular weight excluding hydrogens is 260 g/mol. The molecular formula is C18H28N2O. The molecule has 1 unspecified atom stereocenters. The van der Waals surface area contributed by atoms with Gasteiger partial charge in [-0.25, -0.2) is 0 Å². The van der Waals surface area contributed by atoms with Crippen LogP contribution in [0.4, 0.5) is 5.69 Å². The third-order valence-electron chi connectivity index (χ3n) is 4.44. The van der Waals surface area contributed by atoms with Crippen molar-refractivity contribution in [3.05, 3.63) is 29.3 Å². The SMILES string of the molecule is CCCCN(C(=O)c1cccc2c1NCCC2)C(C)CC. The minimum Gasteiger partial charge on any atom is -0.384 e. The predicted molar refractivity (Wildman–Crippen MR) is 89.0 cm³/mol. The van der Waals surface area contributed by atoms with E-state index in [1.165, 1.54) is 5.56 Å². The van der Waals surface area contributed by atoms with Gasteiger partial charge < -0.3 is 10.2 Å². The molecule has 2 rings (SSSR count). The first-order valence-corrected chi connectivity index (χ1v) is 8.35. The van der Waals surface area contributed by atoms with Gasteiger partial charge in [0.1, 0.15) is 0 Å². The third kappa shape index (κ3) is 3.58. The molecule has 1 aliphatic rings. The smallest absolute Gasteiger partial charge is 0.256 e. The van der Waals surface area contributed by atoms with Gasteiger partial charge in [-0.2, -0.15) is 0 Å². The first-order valence-electron chi connectivity index (χ1n) is 8.35. The maximum atomic E-state index is 13.0. The second-order valence-corrected chi connectivity index (χ2v) is 5.98. The topological polar surface area (TPSA) is 32.3 Å². The van der Waals surface area contributed by atoms with Crippen LogP contribution in [0.3, 0.4) is 0 Å². The van der Waals surface area contributed by atoms with Crippen molar-refractivity contribution in [1.82, 2.24) is 4.90 Å². The number of rotatable bonds is 6. The van der Waals surface area contributed by atoms with Crippen LogP contribution in [0, 0.1) is 0 Å². The zero-order valence-electron chi connectivity index (χ0n) is 13.6. The fourth-order valence-electron chi connectivity index (χ4n) is 2.91. The molecule has 0 spiro atoms. The van der Waals surface area contributed by atoms with Crippen LogP contribution in [0.25, 0.3) is 0 Å². The summed E-state index contributed by atoms with van der Waals surface area (Å²) in [5.74, 6) is 0.184. The molecule has 0 aromatic heterocycles. The number of anilines is 1. The van der Waals surface area contributed by atoms with Gasteiger partial charge in [0.25, 0.3) is 5.91 Å². The van der Waals surface area contributed by atoms with E-state index in [0.29, 0.717) is 6.04 Å². The van der Waals surface area contributed by atoms with Gasteiger partial charge in [-0.1, -0.05) is 32.4 Å². The zero-order chi connectivity index (χ0) is 15.2. The highest BCUT2D eigenvalue weighted by Crippen LogP contribution is 2.27. The number of amides is 1. The molecule has 1 heterocycles. The predicted octanol–water partition coefficient (Wildman–Crippen LogP) is 4.09. The van der Waals surface area contributed by atoms with E-state index < -0.39 is 0 Å². The van der Waals surface area contributed by atoms with Crippen LogP contribution in [-0.2, 0) is 6.42 Å². The van der Waals surface area contributed by atoms with E-state index in [1.54, 1.807) is 0 Å². The Balaban J connectivity index is 2.28. The van der Waals surface area contributed by atoms with Crippen LogP contribution in [0.15, 0.2) is 18.2 Å². The molecule has 3 heteroatoms. The van der Waals surface area contributed by atoms with Gasteiger partial charge in [-0.15, -0.1) is 0 Å². The van der Waals surface area contributed by atoms with Crippen molar-refractivity contribution < 1.29 is 4.79 Å². The maximum Gasteiger partial charge on any atom is 0.256 e. The molecule has 0 saturated heterocycles. The maximum absolute atomic E-state index is 13.0. The summed E-state index contributed by atoms with van der Waals surface area (Å²) in [5, 5.41) is 3.43. The van der Waals surface area contributed by atoms with Gasteiger partial charge in [-0.3, -0.25) is 4.79 Å². The van der Waals surface area contributed by atoms with Crippen molar-refractivity contribution in [3.8, 4) is 0 Å². The molecule has 0 saturated carbocycles. The lowest BCUT2D eigenvalue weighted by atomic mass is 9.98. The molecule has 0 bridgehead atoms. The number of nitrogens with one attached hydrogen (secondary N) is 1. The molecule has 0 fully saturated rings. The summed E-state index contributed by atoms with van der Waals surface area (Å²) >= 11 is 0. The van der Waals surface area contributed by atoms with Crippen LogP contribution in [0.2, 0.25) is 0 Å². The standard InChI is InChI=1S/C18H28N2O/c1-4-6-13-20(14(3)5-2)18(21)16-11-7-9-15-10-8-12-19-17(15)16/h7,9,11,14,19H,4-6,8,10,12-13H2,1-3H3. The highest BCUT2D eigenvalue weighted by atomic mass is 16.2. The van der Waals surface area contributed by atoms with Crippen LogP contribution >= 0.6 is 0 Å². The summed E-state index contributed by atoms with van der Waals surface area (Å²) in [6.45, 7) is 8.29. The van der Waals surface area contributed by atoms with Crippen LogP contribution in [0.1, 0.15) is 62.4 Å². The van der Waals surface area contributed by atoms with Crippen molar-refractivity contribution in [2.45, 2.75) is 58.9 Å². The Kier molecular flexibility index (Phi) is 5.66. The average molecular weight is 288 g/mol. The average Bonchev–Trinajstić information content (AvgIpc) is 2.54. The van der Waals surface area contributed by atoms with Gasteiger partial charge >= 0.3 is 0 Å². The van der Waals surface area contributed by atoms with Gasteiger partial charge in [0, 0.05) is 19.1 Å². The minimum absolute atomic E-state index is 0.184. The number of nitrogens with zero attached hydrogens (tertiary/aromatic N) is 1. The summed E-state index contributed by atoms with van der Waals surface area (Å²) in [6, 6.07) is 6.43. The second kappa shape index (κ2) is 7.48. The van der Waals surface area contributed by atoms with Crippen LogP contribution in [0.5, 0.6) is 0 Å². The minimum atomic E-state index is 0.184. The number of aryl methyl sites for hydroxylation is 1. The highest BCUT2D eigenvalue weighted by molar-refractivity contribution is 6.00. The lowest BCUT2D eigenvalue weighted by molar-refractivity contribution is 0.0686. The van der Waals surface area contributed by atoms with Gasteiger partial charge in [0.15, 0.2) is 0 Å². The van der Waals surface area contributed by atoms with E-state index in [0.717, 1.165) is 56.4 Å². The largest absolute Gasteiger partial charge is 0.384 e. The monoisotopic (exact) mass is 288 g/mol. The van der Waals surface area contributed by atoms with Crippen molar-refractivity contribution in [2.75, 3.05) is 18.4 Å². The van der Waals surface area contributed by atoms with E-state index in [1.807, 2.05) is 12.1 Å². The fraction of sp³-hybridized carbons (Fsp3) is 0.611. The first-order chi connectivity index (χ1) is 10.2. The Hall–Kier alpha value is -1.51. The number of benzene rings is 1. The quantitative estimate of drug-likeness (QED) is 0.855. The fourth-order valence-corrected chi connectivity index (χ4v) is 2.91. The number of hydrogen-bond acceptors (Lipinski definition) is 2. The Morgan fingerprint density at radius 3 is 2.90 bits per heavy atom. The molecule has 116 valence electrons. The van der Waals surface area contributed by atoms with Crippen molar-refractivity contribution >= 4 is 11.6 Å². The van der Waals surface area contributed by atoms with Crippen molar-refractivity contribution in [2.24, 2.45) is 0 Å². The molecule has 0 aliphatic carbocycles. The Morgan fingerprint density at radius 1 is 1.38 bits per heavy atom. The summed E-state index contributed by atoms with van der Waals surface area (Å²) in [6.07, 6.45) is 5.40. The Morgan fingerprint density at radius 2 is 2.19 bits per heavy atom. The number of para-hydroxylation sites is 1. The normalized spacial score (nSPS) is 15.0. The molecule has 21 heavy (non-hydrogen) atoms. The molecule has 1 aromatic rings. The molecule has 1 N–H and O–H groups in total. The number of carbonyl (C=O) groups is 1. The summed E-state index contributed by atoms with van der Waals surface area (Å²) in [7, 11) is 0. The van der Waals surface area contributed by atoms with Gasteiger partial charge in [0.2, 0.25) is 0 Å². The van der Waals surface area contributed by atoms with Gasteiger partial charge in [-0.05, 0) is 44.2 Å². The number of hydrogen-bond donors (Lipinski definition) is 1. The summed E-state index contributed by atoms with van der Waals surface area (Å²) < 4.78 is 0. The van der Waals surface area contributed by atoms with E-state index in [-0.39, 0.29) is 5.91 Å². The molecule has 1 atom stereocenters. The second-order valence-electron chi connectivity index (χ2n) is 5.98. The molecule has 3 nitrogen and oxygen atoms in total. The number of unbranched alkanes of at least 4 members (excludes halogenated alkanes) is 1. The van der Waals surface area contributed by atoms with Crippen LogP contribution < -0.4 is 5.32 Å². The molecule has 0 radical (unpaired) electrons. The number of carbonyl (C=O) groups excluding carboxylic acids is 1. The molecule has 1 aliphatic heterocycles. The van der Waals surface area contributed by atoms with E-state index in [9.17, 15) is 4.79 Å². The molecule has 1 aromatic carbocycles. The third-order valence-corrected chi connectivity index (χ3v) is 4.44. The molecule has 1 amide bonds. The van der Waals surface area contributed by atoms with Gasteiger partial charge in [0.05, 0.1) is 11.3 Å². The highest BCUT2D eigenvalue weighted by Gasteiger charge is 2.24. The zero-order valence-corrected chi connectivity index (χ0v) is 13.6. The van der Waals surface area contributed by atoms with E-state index in [4.69, 9.17) is 0 Å². The summed E-state index contributed by atoms with van der Waals surface area (Å²) in [5.41, 5.74) is 3.20. The summed E-state index contributed by atoms with van der Waals surface area (Å²) in [4.78, 5) is 15.1. The Labute approximate surface area is 128 Å². The lowest BCUT2D eigenvalue weighted by Gasteiger charge is -2.30. The van der Waals surface area contributed by atoms with E-state index >= 15 is 0 Å². The van der Waals surface area contributed by atoms with Crippen molar-refractivity contribution in [1.29, 1.82) is 0 Å². The van der Waals surface area contributed by atoms with Crippen LogP contribution in [-0.4, -0.2) is 29.9 Å².